The van der Waals surface area contributed by atoms with Crippen LogP contribution in [-0.2, 0) is 6.42 Å². The van der Waals surface area contributed by atoms with Gasteiger partial charge in [-0.1, -0.05) is 6.07 Å². The number of aromatic carboxylic acids is 1. The van der Waals surface area contributed by atoms with Crippen LogP contribution < -0.4 is 0 Å². The Morgan fingerprint density at radius 3 is 2.67 bits per heavy atom. The van der Waals surface area contributed by atoms with Crippen molar-refractivity contribution in [3.8, 4) is 0 Å². The van der Waals surface area contributed by atoms with E-state index in [0.29, 0.717) is 22.6 Å². The van der Waals surface area contributed by atoms with Gasteiger partial charge >= 0.3 is 5.97 Å². The molecule has 4 nitrogen and oxygen atoms in total. The molecule has 0 unspecified atom stereocenters. The van der Waals surface area contributed by atoms with Gasteiger partial charge in [0.25, 0.3) is 0 Å². The first-order chi connectivity index (χ1) is 10.0. The molecular weight excluding hydrogens is 280 g/mol. The Morgan fingerprint density at radius 2 is 1.95 bits per heavy atom. The number of fused-ring (bicyclic) bond motifs is 1. The molecule has 0 aliphatic heterocycles. The molecule has 1 N–H and O–H groups in total. The molecule has 0 amide bonds. The standard InChI is InChI=1S/C15H9F2NO3/c16-10-3-1-8(5-11(10)17)6-14-18-12-7-9(15(19)20)2-4-13(12)21-14/h1-5,7H,6H2,(H,19,20). The highest BCUT2D eigenvalue weighted by molar-refractivity contribution is 5.91. The van der Waals surface area contributed by atoms with Crippen LogP contribution >= 0.6 is 0 Å². The summed E-state index contributed by atoms with van der Waals surface area (Å²) in [6.45, 7) is 0. The van der Waals surface area contributed by atoms with Crippen LogP contribution in [0.4, 0.5) is 8.78 Å². The van der Waals surface area contributed by atoms with Crippen molar-refractivity contribution in [2.24, 2.45) is 0 Å². The molecule has 0 fully saturated rings. The summed E-state index contributed by atoms with van der Waals surface area (Å²) < 4.78 is 31.4. The molecule has 21 heavy (non-hydrogen) atoms. The number of aromatic nitrogens is 1. The van der Waals surface area contributed by atoms with Gasteiger partial charge in [-0.25, -0.2) is 18.6 Å². The van der Waals surface area contributed by atoms with Crippen LogP contribution in [-0.4, -0.2) is 16.1 Å². The zero-order valence-electron chi connectivity index (χ0n) is 10.6. The number of hydrogen-bond donors (Lipinski definition) is 1. The number of carbonyl (C=O) groups is 1. The molecule has 0 aliphatic rings. The Kier molecular flexibility index (Phi) is 3.13. The maximum atomic E-state index is 13.1. The number of carboxylic acids is 1. The summed E-state index contributed by atoms with van der Waals surface area (Å²) in [7, 11) is 0. The summed E-state index contributed by atoms with van der Waals surface area (Å²) in [6.07, 6.45) is 0.189. The predicted octanol–water partition coefficient (Wildman–Crippen LogP) is 3.40. The lowest BCUT2D eigenvalue weighted by molar-refractivity contribution is 0.0697. The monoisotopic (exact) mass is 289 g/mol. The van der Waals surface area contributed by atoms with Gasteiger partial charge in [-0.05, 0) is 35.9 Å². The molecule has 0 saturated carbocycles. The lowest BCUT2D eigenvalue weighted by Gasteiger charge is -1.98. The first-order valence-electron chi connectivity index (χ1n) is 6.09. The van der Waals surface area contributed by atoms with Crippen LogP contribution in [0.25, 0.3) is 11.1 Å². The molecule has 106 valence electrons. The van der Waals surface area contributed by atoms with Gasteiger partial charge in [0.1, 0.15) is 5.52 Å². The Hall–Kier alpha value is -2.76. The van der Waals surface area contributed by atoms with Crippen LogP contribution in [0.5, 0.6) is 0 Å². The molecular formula is C15H9F2NO3. The quantitative estimate of drug-likeness (QED) is 0.802. The number of rotatable bonds is 3. The molecule has 0 atom stereocenters. The average Bonchev–Trinajstić information content (AvgIpc) is 2.84. The molecule has 0 bridgehead atoms. The van der Waals surface area contributed by atoms with Crippen molar-refractivity contribution in [2.45, 2.75) is 6.42 Å². The number of hydrogen-bond acceptors (Lipinski definition) is 3. The minimum Gasteiger partial charge on any atom is -0.478 e. The molecule has 6 heteroatoms. The van der Waals surface area contributed by atoms with Crippen LogP contribution in [0.15, 0.2) is 40.8 Å². The van der Waals surface area contributed by atoms with Gasteiger partial charge in [0.2, 0.25) is 0 Å². The second-order valence-corrected chi connectivity index (χ2v) is 4.52. The average molecular weight is 289 g/mol. The SMILES string of the molecule is O=C(O)c1ccc2oc(Cc3ccc(F)c(F)c3)nc2c1. The van der Waals surface area contributed by atoms with Crippen molar-refractivity contribution in [2.75, 3.05) is 0 Å². The Labute approximate surface area is 117 Å². The Morgan fingerprint density at radius 1 is 1.14 bits per heavy atom. The zero-order valence-corrected chi connectivity index (χ0v) is 10.6. The van der Waals surface area contributed by atoms with E-state index in [9.17, 15) is 13.6 Å². The fourth-order valence-corrected chi connectivity index (χ4v) is 2.01. The molecule has 0 saturated heterocycles. The summed E-state index contributed by atoms with van der Waals surface area (Å²) in [4.78, 5) is 15.0. The third kappa shape index (κ3) is 2.60. The van der Waals surface area contributed by atoms with Gasteiger partial charge < -0.3 is 9.52 Å². The zero-order chi connectivity index (χ0) is 15.0. The predicted molar refractivity (Wildman–Crippen MR) is 70.1 cm³/mol. The fourth-order valence-electron chi connectivity index (χ4n) is 2.01. The summed E-state index contributed by atoms with van der Waals surface area (Å²) in [5, 5.41) is 8.91. The number of nitrogens with zero attached hydrogens (tertiary/aromatic N) is 1. The number of carboxylic acid groups (broad SMARTS) is 1. The maximum Gasteiger partial charge on any atom is 0.335 e. The van der Waals surface area contributed by atoms with Gasteiger partial charge in [-0.2, -0.15) is 0 Å². The van der Waals surface area contributed by atoms with Crippen molar-refractivity contribution in [3.63, 3.8) is 0 Å². The first-order valence-corrected chi connectivity index (χ1v) is 6.09. The maximum absolute atomic E-state index is 13.1. The highest BCUT2D eigenvalue weighted by atomic mass is 19.2. The second-order valence-electron chi connectivity index (χ2n) is 4.52. The fraction of sp³-hybridized carbons (Fsp3) is 0.0667. The summed E-state index contributed by atoms with van der Waals surface area (Å²) >= 11 is 0. The largest absolute Gasteiger partial charge is 0.478 e. The van der Waals surface area contributed by atoms with Gasteiger partial charge in [0.05, 0.1) is 5.56 Å². The summed E-state index contributed by atoms with van der Waals surface area (Å²) in [5.74, 6) is -2.60. The third-order valence-electron chi connectivity index (χ3n) is 3.02. The first kappa shape index (κ1) is 13.2. The minimum atomic E-state index is -1.05. The van der Waals surface area contributed by atoms with Crippen molar-refractivity contribution in [3.05, 3.63) is 65.1 Å². The van der Waals surface area contributed by atoms with E-state index in [1.807, 2.05) is 0 Å². The Balaban J connectivity index is 1.93. The van der Waals surface area contributed by atoms with E-state index in [-0.39, 0.29) is 12.0 Å². The van der Waals surface area contributed by atoms with E-state index in [0.717, 1.165) is 12.1 Å². The van der Waals surface area contributed by atoms with E-state index in [1.54, 1.807) is 0 Å². The lowest BCUT2D eigenvalue weighted by atomic mass is 10.1. The Bertz CT molecular complexity index is 842. The van der Waals surface area contributed by atoms with Gasteiger partial charge in [-0.3, -0.25) is 0 Å². The molecule has 0 spiro atoms. The van der Waals surface area contributed by atoms with Gasteiger partial charge in [0.15, 0.2) is 23.1 Å². The minimum absolute atomic E-state index is 0.107. The highest BCUT2D eigenvalue weighted by Crippen LogP contribution is 2.20. The second kappa shape index (κ2) is 4.97. The normalized spacial score (nSPS) is 11.0. The van der Waals surface area contributed by atoms with E-state index in [2.05, 4.69) is 4.98 Å². The van der Waals surface area contributed by atoms with E-state index >= 15 is 0 Å². The molecule has 1 aromatic heterocycles. The van der Waals surface area contributed by atoms with Crippen LogP contribution in [0.3, 0.4) is 0 Å². The molecule has 3 rings (SSSR count). The third-order valence-corrected chi connectivity index (χ3v) is 3.02. The molecule has 0 radical (unpaired) electrons. The molecule has 0 aliphatic carbocycles. The molecule has 1 heterocycles. The topological polar surface area (TPSA) is 63.3 Å². The van der Waals surface area contributed by atoms with Gasteiger partial charge in [-0.15, -0.1) is 0 Å². The molecule has 2 aromatic carbocycles. The van der Waals surface area contributed by atoms with Crippen molar-refractivity contribution in [1.29, 1.82) is 0 Å². The van der Waals surface area contributed by atoms with Crippen molar-refractivity contribution < 1.29 is 23.1 Å². The van der Waals surface area contributed by atoms with E-state index < -0.39 is 17.6 Å². The highest BCUT2D eigenvalue weighted by Gasteiger charge is 2.11. The number of oxazole rings is 1. The van der Waals surface area contributed by atoms with Crippen LogP contribution in [0.2, 0.25) is 0 Å². The van der Waals surface area contributed by atoms with Crippen molar-refractivity contribution in [1.82, 2.24) is 4.98 Å². The smallest absolute Gasteiger partial charge is 0.335 e. The van der Waals surface area contributed by atoms with E-state index in [4.69, 9.17) is 9.52 Å². The number of halogens is 2. The molecule has 3 aromatic rings. The lowest BCUT2D eigenvalue weighted by Crippen LogP contribution is -1.94. The number of benzene rings is 2. The van der Waals surface area contributed by atoms with Crippen LogP contribution in [0, 0.1) is 11.6 Å². The summed E-state index contributed by atoms with van der Waals surface area (Å²) in [6, 6.07) is 7.88. The van der Waals surface area contributed by atoms with Crippen molar-refractivity contribution >= 4 is 17.1 Å². The van der Waals surface area contributed by atoms with Crippen LogP contribution in [0.1, 0.15) is 21.8 Å². The summed E-state index contributed by atoms with van der Waals surface area (Å²) in [5.41, 5.74) is 1.47. The van der Waals surface area contributed by atoms with E-state index in [1.165, 1.54) is 24.3 Å². The van der Waals surface area contributed by atoms with Gasteiger partial charge in [0, 0.05) is 6.42 Å².